The van der Waals surface area contributed by atoms with Gasteiger partial charge in [0, 0.05) is 56.9 Å². The third-order valence-electron chi connectivity index (χ3n) is 8.75. The molecule has 3 heterocycles. The van der Waals surface area contributed by atoms with Crippen molar-refractivity contribution in [3.8, 4) is 5.75 Å². The van der Waals surface area contributed by atoms with E-state index in [-0.39, 0.29) is 36.5 Å². The summed E-state index contributed by atoms with van der Waals surface area (Å²) < 4.78 is 87.1. The van der Waals surface area contributed by atoms with Crippen LogP contribution in [0.4, 0.5) is 26.3 Å². The number of phenols is 1. The maximum atomic E-state index is 13.6. The topological polar surface area (TPSA) is 56.2 Å². The minimum atomic E-state index is -5.05. The number of aromatic hydroxyl groups is 1. The summed E-state index contributed by atoms with van der Waals surface area (Å²) >= 11 is 0. The second kappa shape index (κ2) is 11.0. The van der Waals surface area contributed by atoms with Gasteiger partial charge < -0.3 is 14.7 Å². The third-order valence-corrected chi connectivity index (χ3v) is 8.75. The number of halogens is 6. The summed E-state index contributed by atoms with van der Waals surface area (Å²) in [5.74, 6) is -0.817. The van der Waals surface area contributed by atoms with Gasteiger partial charge in [-0.3, -0.25) is 14.6 Å². The average molecular weight is 600 g/mol. The van der Waals surface area contributed by atoms with Gasteiger partial charge in [-0.05, 0) is 69.0 Å². The first-order chi connectivity index (χ1) is 19.5. The number of alkyl halides is 6. The highest BCUT2D eigenvalue weighted by molar-refractivity contribution is 5.95. The van der Waals surface area contributed by atoms with Crippen LogP contribution in [0.25, 0.3) is 0 Å². The van der Waals surface area contributed by atoms with Crippen molar-refractivity contribution >= 4 is 5.91 Å². The van der Waals surface area contributed by atoms with Crippen LogP contribution in [0.15, 0.2) is 36.4 Å². The van der Waals surface area contributed by atoms with Crippen LogP contribution in [-0.4, -0.2) is 88.8 Å². The van der Waals surface area contributed by atoms with Crippen molar-refractivity contribution in [3.63, 3.8) is 0 Å². The highest BCUT2D eigenvalue weighted by atomic mass is 19.4. The van der Waals surface area contributed by atoms with Gasteiger partial charge in [-0.1, -0.05) is 12.1 Å². The third kappa shape index (κ3) is 6.40. The Hall–Kier alpha value is -2.83. The number of ether oxygens (including phenoxy) is 1. The van der Waals surface area contributed by atoms with Crippen molar-refractivity contribution < 1.29 is 41.0 Å². The van der Waals surface area contributed by atoms with E-state index in [0.29, 0.717) is 48.9 Å². The summed E-state index contributed by atoms with van der Waals surface area (Å²) in [7, 11) is 0. The van der Waals surface area contributed by atoms with Crippen LogP contribution in [0.3, 0.4) is 0 Å². The Kier molecular flexibility index (Phi) is 8.04. The Morgan fingerprint density at radius 2 is 1.64 bits per heavy atom. The van der Waals surface area contributed by atoms with Gasteiger partial charge in [0.2, 0.25) is 0 Å². The van der Waals surface area contributed by atoms with E-state index in [4.69, 9.17) is 4.74 Å². The second-order valence-corrected chi connectivity index (χ2v) is 12.2. The molecule has 1 N–H and O–H groups in total. The van der Waals surface area contributed by atoms with Crippen LogP contribution in [0.1, 0.15) is 52.9 Å². The molecule has 0 saturated carbocycles. The first kappa shape index (κ1) is 30.6. The van der Waals surface area contributed by atoms with Crippen molar-refractivity contribution in [2.24, 2.45) is 0 Å². The Balaban J connectivity index is 1.38. The van der Waals surface area contributed by atoms with Crippen LogP contribution in [-0.2, 0) is 23.5 Å². The molecule has 3 aliphatic heterocycles. The molecule has 3 unspecified atom stereocenters. The highest BCUT2D eigenvalue weighted by Crippen LogP contribution is 2.40. The monoisotopic (exact) mass is 599 g/mol. The van der Waals surface area contributed by atoms with Crippen LogP contribution < -0.4 is 0 Å². The zero-order chi connectivity index (χ0) is 30.6. The summed E-state index contributed by atoms with van der Waals surface area (Å²) in [6.07, 6.45) is -8.65. The fourth-order valence-corrected chi connectivity index (χ4v) is 6.56. The SMILES string of the molecule is Cc1ccc(CC2CN(CCN3CC4CC3C(C)(C)O4)CCN2C(=O)c2cc(C(F)(F)F)cc(C(F)(F)F)c2)cc1O. The summed E-state index contributed by atoms with van der Waals surface area (Å²) in [6, 6.07) is 5.88. The number of aryl methyl sites for hydroxylation is 1. The number of amides is 1. The lowest BCUT2D eigenvalue weighted by atomic mass is 9.98. The van der Waals surface area contributed by atoms with E-state index in [0.717, 1.165) is 19.5 Å². The van der Waals surface area contributed by atoms with Crippen LogP contribution in [0.5, 0.6) is 5.75 Å². The Bertz CT molecular complexity index is 1300. The van der Waals surface area contributed by atoms with Gasteiger partial charge >= 0.3 is 12.4 Å². The molecular formula is C30H35F6N3O3. The molecule has 2 bridgehead atoms. The summed E-state index contributed by atoms with van der Waals surface area (Å²) in [4.78, 5) is 19.6. The number of benzene rings is 2. The van der Waals surface area contributed by atoms with E-state index in [1.165, 1.54) is 4.90 Å². The van der Waals surface area contributed by atoms with E-state index in [1.807, 2.05) is 0 Å². The fraction of sp³-hybridized carbons (Fsp3) is 0.567. The molecule has 0 spiro atoms. The molecule has 6 nitrogen and oxygen atoms in total. The number of hydrogen-bond acceptors (Lipinski definition) is 5. The normalized spacial score (nSPS) is 24.9. The Morgan fingerprint density at radius 1 is 0.976 bits per heavy atom. The lowest BCUT2D eigenvalue weighted by Gasteiger charge is -2.43. The number of phenolic OH excluding ortho intramolecular Hbond substituents is 1. The molecule has 0 aromatic heterocycles. The maximum Gasteiger partial charge on any atom is 0.416 e. The quantitative estimate of drug-likeness (QED) is 0.454. The Labute approximate surface area is 240 Å². The number of nitrogens with zero attached hydrogens (tertiary/aromatic N) is 3. The van der Waals surface area contributed by atoms with Crippen LogP contribution in [0, 0.1) is 6.92 Å². The average Bonchev–Trinajstić information content (AvgIpc) is 3.44. The molecular weight excluding hydrogens is 564 g/mol. The molecule has 3 fully saturated rings. The van der Waals surface area contributed by atoms with E-state index >= 15 is 0 Å². The largest absolute Gasteiger partial charge is 0.508 e. The summed E-state index contributed by atoms with van der Waals surface area (Å²) in [6.45, 7) is 9.16. The number of likely N-dealkylation sites (tertiary alicyclic amines) is 1. The van der Waals surface area contributed by atoms with Gasteiger partial charge in [-0.25, -0.2) is 0 Å². The first-order valence-electron chi connectivity index (χ1n) is 14.0. The van der Waals surface area contributed by atoms with Crippen LogP contribution in [0.2, 0.25) is 0 Å². The number of piperazine rings is 1. The molecule has 2 aromatic rings. The summed E-state index contributed by atoms with van der Waals surface area (Å²) in [5.41, 5.74) is -2.56. The van der Waals surface area contributed by atoms with E-state index in [2.05, 4.69) is 23.6 Å². The number of carbonyl (C=O) groups is 1. The molecule has 0 aliphatic carbocycles. The molecule has 5 rings (SSSR count). The smallest absolute Gasteiger partial charge is 0.416 e. The number of rotatable bonds is 6. The number of fused-ring (bicyclic) bond motifs is 2. The van der Waals surface area contributed by atoms with E-state index < -0.39 is 41.0 Å². The number of hydrogen-bond donors (Lipinski definition) is 1. The van der Waals surface area contributed by atoms with Crippen molar-refractivity contribution in [2.75, 3.05) is 39.3 Å². The van der Waals surface area contributed by atoms with Gasteiger partial charge in [-0.2, -0.15) is 26.3 Å². The zero-order valence-corrected chi connectivity index (χ0v) is 23.7. The molecule has 1 amide bonds. The minimum Gasteiger partial charge on any atom is -0.508 e. The van der Waals surface area contributed by atoms with Crippen molar-refractivity contribution in [3.05, 3.63) is 64.2 Å². The van der Waals surface area contributed by atoms with Crippen LogP contribution >= 0.6 is 0 Å². The van der Waals surface area contributed by atoms with Gasteiger partial charge in [-0.15, -0.1) is 0 Å². The van der Waals surface area contributed by atoms with E-state index in [9.17, 15) is 36.2 Å². The van der Waals surface area contributed by atoms with Crippen molar-refractivity contribution in [1.82, 2.24) is 14.7 Å². The van der Waals surface area contributed by atoms with Gasteiger partial charge in [0.1, 0.15) is 5.75 Å². The first-order valence-corrected chi connectivity index (χ1v) is 14.0. The Morgan fingerprint density at radius 3 is 2.21 bits per heavy atom. The summed E-state index contributed by atoms with van der Waals surface area (Å²) in [5, 5.41) is 10.2. The number of carbonyl (C=O) groups excluding carboxylic acids is 1. The fourth-order valence-electron chi connectivity index (χ4n) is 6.56. The number of morpholine rings is 1. The van der Waals surface area contributed by atoms with Gasteiger partial charge in [0.05, 0.1) is 22.8 Å². The molecule has 2 aromatic carbocycles. The molecule has 3 atom stereocenters. The molecule has 230 valence electrons. The molecule has 42 heavy (non-hydrogen) atoms. The molecule has 0 radical (unpaired) electrons. The predicted octanol–water partition coefficient (Wildman–Crippen LogP) is 5.36. The predicted molar refractivity (Wildman–Crippen MR) is 143 cm³/mol. The van der Waals surface area contributed by atoms with Gasteiger partial charge in [0.25, 0.3) is 5.91 Å². The van der Waals surface area contributed by atoms with E-state index in [1.54, 1.807) is 25.1 Å². The van der Waals surface area contributed by atoms with Crippen molar-refractivity contribution in [2.45, 2.75) is 69.8 Å². The lowest BCUT2D eigenvalue weighted by Crippen LogP contribution is -2.58. The van der Waals surface area contributed by atoms with Gasteiger partial charge in [0.15, 0.2) is 0 Å². The molecule has 3 aliphatic rings. The van der Waals surface area contributed by atoms with Crippen molar-refractivity contribution in [1.29, 1.82) is 0 Å². The zero-order valence-electron chi connectivity index (χ0n) is 23.7. The minimum absolute atomic E-state index is 0.0264. The molecule has 3 saturated heterocycles. The molecule has 12 heteroatoms. The standard InChI is InChI=1S/C30H35F6N3O3/c1-18-4-5-19(11-25(18)40)10-23-16-37(6-8-38-17-24-15-26(38)28(2,3)42-24)7-9-39(23)27(41)20-12-21(29(31,32)33)14-22(13-20)30(34,35)36/h4-5,11-14,23-24,26,40H,6-10,15-17H2,1-3H3. The highest BCUT2D eigenvalue weighted by Gasteiger charge is 2.50. The lowest BCUT2D eigenvalue weighted by molar-refractivity contribution is -0.143. The second-order valence-electron chi connectivity index (χ2n) is 12.2. The maximum absolute atomic E-state index is 13.6.